The van der Waals surface area contributed by atoms with Crippen LogP contribution in [0.4, 0.5) is 4.39 Å². The second-order valence-electron chi connectivity index (χ2n) is 4.78. The smallest absolute Gasteiger partial charge is 0.127 e. The number of benzene rings is 2. The van der Waals surface area contributed by atoms with Crippen molar-refractivity contribution in [3.8, 4) is 5.75 Å². The predicted octanol–water partition coefficient (Wildman–Crippen LogP) is 4.73. The number of methoxy groups -OCH3 is 1. The highest BCUT2D eigenvalue weighted by Crippen LogP contribution is 2.27. The molecule has 0 aromatic heterocycles. The maximum absolute atomic E-state index is 13.9. The van der Waals surface area contributed by atoms with E-state index in [0.717, 1.165) is 17.7 Å². The van der Waals surface area contributed by atoms with Gasteiger partial charge in [-0.15, -0.1) is 0 Å². The minimum absolute atomic E-state index is 0.0628. The van der Waals surface area contributed by atoms with Crippen LogP contribution in [0, 0.1) is 5.82 Å². The molecule has 0 amide bonds. The van der Waals surface area contributed by atoms with Crippen LogP contribution in [0.5, 0.6) is 5.75 Å². The minimum atomic E-state index is -0.192. The third-order valence-corrected chi connectivity index (χ3v) is 3.86. The molecule has 21 heavy (non-hydrogen) atoms. The summed E-state index contributed by atoms with van der Waals surface area (Å²) in [5.41, 5.74) is 1.56. The lowest BCUT2D eigenvalue weighted by Crippen LogP contribution is -2.21. The van der Waals surface area contributed by atoms with Gasteiger partial charge in [0.15, 0.2) is 0 Å². The van der Waals surface area contributed by atoms with Crippen LogP contribution in [-0.4, -0.2) is 7.11 Å². The lowest BCUT2D eigenvalue weighted by atomic mass is 10.0. The van der Waals surface area contributed by atoms with Crippen LogP contribution in [-0.2, 0) is 6.54 Å². The van der Waals surface area contributed by atoms with Crippen molar-refractivity contribution in [3.63, 3.8) is 0 Å². The molecule has 0 aliphatic rings. The fourth-order valence-electron chi connectivity index (χ4n) is 2.36. The molecule has 1 atom stereocenters. The summed E-state index contributed by atoms with van der Waals surface area (Å²) in [7, 11) is 1.61. The molecule has 2 nitrogen and oxygen atoms in total. The van der Waals surface area contributed by atoms with E-state index in [0.29, 0.717) is 17.1 Å². The topological polar surface area (TPSA) is 21.3 Å². The van der Waals surface area contributed by atoms with E-state index in [2.05, 4.69) is 5.32 Å². The van der Waals surface area contributed by atoms with E-state index in [-0.39, 0.29) is 11.9 Å². The largest absolute Gasteiger partial charge is 0.496 e. The van der Waals surface area contributed by atoms with Gasteiger partial charge in [-0.3, -0.25) is 0 Å². The molecule has 1 N–H and O–H groups in total. The summed E-state index contributed by atoms with van der Waals surface area (Å²) in [6, 6.07) is 12.3. The Hall–Kier alpha value is -1.58. The zero-order valence-electron chi connectivity index (χ0n) is 12.2. The molecule has 0 saturated carbocycles. The fourth-order valence-corrected chi connectivity index (χ4v) is 2.59. The van der Waals surface area contributed by atoms with E-state index in [9.17, 15) is 4.39 Å². The van der Waals surface area contributed by atoms with Crippen molar-refractivity contribution in [1.82, 2.24) is 5.32 Å². The van der Waals surface area contributed by atoms with Gasteiger partial charge in [-0.25, -0.2) is 4.39 Å². The molecule has 0 saturated heterocycles. The Morgan fingerprint density at radius 2 is 1.95 bits per heavy atom. The number of hydrogen-bond donors (Lipinski definition) is 1. The summed E-state index contributed by atoms with van der Waals surface area (Å²) >= 11 is 6.22. The van der Waals surface area contributed by atoms with Crippen LogP contribution < -0.4 is 10.1 Å². The Kier molecular flexibility index (Phi) is 5.59. The Morgan fingerprint density at radius 1 is 1.19 bits per heavy atom. The normalized spacial score (nSPS) is 12.2. The van der Waals surface area contributed by atoms with Crippen molar-refractivity contribution in [3.05, 3.63) is 64.4 Å². The van der Waals surface area contributed by atoms with E-state index in [1.54, 1.807) is 19.2 Å². The monoisotopic (exact) mass is 307 g/mol. The molecule has 2 aromatic rings. The maximum Gasteiger partial charge on any atom is 0.127 e. The fraction of sp³-hybridized carbons (Fsp3) is 0.294. The molecule has 2 aromatic carbocycles. The summed E-state index contributed by atoms with van der Waals surface area (Å²) < 4.78 is 19.2. The predicted molar refractivity (Wildman–Crippen MR) is 84.3 cm³/mol. The molecule has 4 heteroatoms. The molecule has 0 aliphatic heterocycles. The Morgan fingerprint density at radius 3 is 2.62 bits per heavy atom. The number of halogens is 2. The van der Waals surface area contributed by atoms with Gasteiger partial charge in [0.25, 0.3) is 0 Å². The Balaban J connectivity index is 2.16. The quantitative estimate of drug-likeness (QED) is 0.833. The standard InChI is InChI=1S/C17H19ClFNO/c1-3-16(12-7-4-5-9-15(12)19)20-11-13-14(18)8-6-10-17(13)21-2/h4-10,16,20H,3,11H2,1-2H3. The van der Waals surface area contributed by atoms with Gasteiger partial charge in [-0.1, -0.05) is 42.8 Å². The van der Waals surface area contributed by atoms with Crippen LogP contribution in [0.25, 0.3) is 0 Å². The van der Waals surface area contributed by atoms with Crippen molar-refractivity contribution >= 4 is 11.6 Å². The third kappa shape index (κ3) is 3.74. The van der Waals surface area contributed by atoms with E-state index >= 15 is 0 Å². The molecule has 2 rings (SSSR count). The van der Waals surface area contributed by atoms with Crippen LogP contribution in [0.1, 0.15) is 30.5 Å². The Bertz CT molecular complexity index is 603. The van der Waals surface area contributed by atoms with Crippen molar-refractivity contribution in [2.45, 2.75) is 25.9 Å². The highest BCUT2D eigenvalue weighted by Gasteiger charge is 2.15. The van der Waals surface area contributed by atoms with Gasteiger partial charge in [0.1, 0.15) is 11.6 Å². The first-order chi connectivity index (χ1) is 10.2. The summed E-state index contributed by atoms with van der Waals surface area (Å²) in [5.74, 6) is 0.543. The SMILES string of the molecule is CCC(NCc1c(Cl)cccc1OC)c1ccccc1F. The van der Waals surface area contributed by atoms with Crippen LogP contribution in [0.3, 0.4) is 0 Å². The van der Waals surface area contributed by atoms with E-state index in [4.69, 9.17) is 16.3 Å². The van der Waals surface area contributed by atoms with Gasteiger partial charge < -0.3 is 10.1 Å². The molecule has 0 bridgehead atoms. The van der Waals surface area contributed by atoms with Gasteiger partial charge in [0, 0.05) is 28.7 Å². The maximum atomic E-state index is 13.9. The van der Waals surface area contributed by atoms with Gasteiger partial charge in [0.2, 0.25) is 0 Å². The zero-order chi connectivity index (χ0) is 15.2. The van der Waals surface area contributed by atoms with E-state index < -0.39 is 0 Å². The first-order valence-corrected chi connectivity index (χ1v) is 7.34. The first kappa shape index (κ1) is 15.8. The molecule has 112 valence electrons. The molecule has 0 fully saturated rings. The second-order valence-corrected chi connectivity index (χ2v) is 5.19. The summed E-state index contributed by atoms with van der Waals surface area (Å²) in [5, 5.41) is 4.00. The van der Waals surface area contributed by atoms with Crippen LogP contribution in [0.15, 0.2) is 42.5 Å². The highest BCUT2D eigenvalue weighted by molar-refractivity contribution is 6.31. The lowest BCUT2D eigenvalue weighted by Gasteiger charge is -2.19. The van der Waals surface area contributed by atoms with Crippen molar-refractivity contribution < 1.29 is 9.13 Å². The third-order valence-electron chi connectivity index (χ3n) is 3.51. The summed E-state index contributed by atoms with van der Waals surface area (Å²) in [6.45, 7) is 2.55. The van der Waals surface area contributed by atoms with Crippen molar-refractivity contribution in [2.24, 2.45) is 0 Å². The number of hydrogen-bond acceptors (Lipinski definition) is 2. The highest BCUT2D eigenvalue weighted by atomic mass is 35.5. The van der Waals surface area contributed by atoms with Crippen molar-refractivity contribution in [1.29, 1.82) is 0 Å². The van der Waals surface area contributed by atoms with Crippen LogP contribution in [0.2, 0.25) is 5.02 Å². The average molecular weight is 308 g/mol. The van der Waals surface area contributed by atoms with Crippen LogP contribution >= 0.6 is 11.6 Å². The summed E-state index contributed by atoms with van der Waals surface area (Å²) in [4.78, 5) is 0. The summed E-state index contributed by atoms with van der Waals surface area (Å²) in [6.07, 6.45) is 0.785. The van der Waals surface area contributed by atoms with Gasteiger partial charge >= 0.3 is 0 Å². The van der Waals surface area contributed by atoms with Gasteiger partial charge in [-0.05, 0) is 24.6 Å². The van der Waals surface area contributed by atoms with Gasteiger partial charge in [0.05, 0.1) is 7.11 Å². The molecule has 1 unspecified atom stereocenters. The number of ether oxygens (including phenoxy) is 1. The van der Waals surface area contributed by atoms with Crippen molar-refractivity contribution in [2.75, 3.05) is 7.11 Å². The van der Waals surface area contributed by atoms with Gasteiger partial charge in [-0.2, -0.15) is 0 Å². The molecule has 0 spiro atoms. The molecular weight excluding hydrogens is 289 g/mol. The molecule has 0 heterocycles. The van der Waals surface area contributed by atoms with E-state index in [1.165, 1.54) is 6.07 Å². The lowest BCUT2D eigenvalue weighted by molar-refractivity contribution is 0.404. The molecule has 0 radical (unpaired) electrons. The second kappa shape index (κ2) is 7.43. The average Bonchev–Trinajstić information content (AvgIpc) is 2.50. The van der Waals surface area contributed by atoms with E-state index in [1.807, 2.05) is 31.2 Å². The number of nitrogens with one attached hydrogen (secondary N) is 1. The Labute approximate surface area is 129 Å². The molecule has 0 aliphatic carbocycles. The number of rotatable bonds is 6. The zero-order valence-corrected chi connectivity index (χ0v) is 13.0. The first-order valence-electron chi connectivity index (χ1n) is 6.96. The molecular formula is C17H19ClFNO. The minimum Gasteiger partial charge on any atom is -0.496 e.